The maximum Gasteiger partial charge on any atom is 0.411 e. The molecule has 2 N–H and O–H groups in total. The molecule has 2 heterocycles. The standard InChI is InChI=1S/C15H19N3O3/c1-9(2)18-12-6-4-3-5-11(12)13(14(18)19)17-8-10(7-16)21-15(17)20/h3-6,9-10,13H,7-8,16H2,1-2H3/t10-,13?/m1/s1. The van der Waals surface area contributed by atoms with E-state index in [0.717, 1.165) is 11.3 Å². The van der Waals surface area contributed by atoms with Gasteiger partial charge in [-0.1, -0.05) is 18.2 Å². The molecule has 0 bridgehead atoms. The van der Waals surface area contributed by atoms with Crippen LogP contribution in [0.2, 0.25) is 0 Å². The van der Waals surface area contributed by atoms with Crippen LogP contribution in [0.25, 0.3) is 0 Å². The molecular formula is C15H19N3O3. The Balaban J connectivity index is 2.00. The summed E-state index contributed by atoms with van der Waals surface area (Å²) < 4.78 is 5.19. The maximum absolute atomic E-state index is 12.8. The van der Waals surface area contributed by atoms with Crippen LogP contribution in [0.5, 0.6) is 0 Å². The fourth-order valence-corrected chi connectivity index (χ4v) is 3.03. The quantitative estimate of drug-likeness (QED) is 0.909. The second kappa shape index (κ2) is 5.04. The molecular weight excluding hydrogens is 270 g/mol. The van der Waals surface area contributed by atoms with E-state index in [0.29, 0.717) is 6.54 Å². The second-order valence-corrected chi connectivity index (χ2v) is 5.66. The van der Waals surface area contributed by atoms with Gasteiger partial charge in [0, 0.05) is 23.8 Å². The lowest BCUT2D eigenvalue weighted by atomic mass is 10.1. The Morgan fingerprint density at radius 1 is 1.33 bits per heavy atom. The van der Waals surface area contributed by atoms with E-state index >= 15 is 0 Å². The zero-order valence-corrected chi connectivity index (χ0v) is 12.2. The number of carbonyl (C=O) groups excluding carboxylic acids is 2. The van der Waals surface area contributed by atoms with Gasteiger partial charge in [0.1, 0.15) is 12.1 Å². The number of para-hydroxylation sites is 1. The molecule has 2 aliphatic rings. The molecule has 0 radical (unpaired) electrons. The number of benzene rings is 1. The number of rotatable bonds is 3. The van der Waals surface area contributed by atoms with Gasteiger partial charge in [0.25, 0.3) is 5.91 Å². The van der Waals surface area contributed by atoms with Crippen molar-refractivity contribution in [2.45, 2.75) is 32.0 Å². The van der Waals surface area contributed by atoms with Gasteiger partial charge in [0.2, 0.25) is 0 Å². The SMILES string of the molecule is CC(C)N1C(=O)C(N2C[C@@H](CN)OC2=O)c2ccccc21. The first-order chi connectivity index (χ1) is 10.0. The van der Waals surface area contributed by atoms with E-state index in [1.165, 1.54) is 4.90 Å². The molecule has 112 valence electrons. The molecule has 6 heteroatoms. The minimum atomic E-state index is -0.604. The molecule has 3 rings (SSSR count). The number of amides is 2. The monoisotopic (exact) mass is 289 g/mol. The number of carbonyl (C=O) groups is 2. The van der Waals surface area contributed by atoms with Gasteiger partial charge in [0.15, 0.2) is 0 Å². The predicted octanol–water partition coefficient (Wildman–Crippen LogP) is 1.26. The smallest absolute Gasteiger partial charge is 0.411 e. The van der Waals surface area contributed by atoms with Crippen molar-refractivity contribution in [3.05, 3.63) is 29.8 Å². The number of ether oxygens (including phenoxy) is 1. The van der Waals surface area contributed by atoms with Gasteiger partial charge in [-0.2, -0.15) is 0 Å². The lowest BCUT2D eigenvalue weighted by molar-refractivity contribution is -0.122. The van der Waals surface area contributed by atoms with E-state index in [1.807, 2.05) is 38.1 Å². The van der Waals surface area contributed by atoms with Crippen LogP contribution >= 0.6 is 0 Å². The summed E-state index contributed by atoms with van der Waals surface area (Å²) in [4.78, 5) is 28.0. The van der Waals surface area contributed by atoms with Crippen LogP contribution < -0.4 is 10.6 Å². The van der Waals surface area contributed by atoms with Crippen molar-refractivity contribution in [2.75, 3.05) is 18.0 Å². The first-order valence-corrected chi connectivity index (χ1v) is 7.14. The summed E-state index contributed by atoms with van der Waals surface area (Å²) in [5.41, 5.74) is 7.28. The Bertz CT molecular complexity index is 587. The molecule has 6 nitrogen and oxygen atoms in total. The fraction of sp³-hybridized carbons (Fsp3) is 0.467. The number of nitrogens with zero attached hydrogens (tertiary/aromatic N) is 2. The molecule has 2 atom stereocenters. The third-order valence-electron chi connectivity index (χ3n) is 3.96. The highest BCUT2D eigenvalue weighted by Crippen LogP contribution is 2.41. The molecule has 1 aromatic rings. The summed E-state index contributed by atoms with van der Waals surface area (Å²) in [6.45, 7) is 4.54. The lowest BCUT2D eigenvalue weighted by Gasteiger charge is -2.24. The predicted molar refractivity (Wildman–Crippen MR) is 77.8 cm³/mol. The van der Waals surface area contributed by atoms with Crippen LogP contribution in [0.15, 0.2) is 24.3 Å². The van der Waals surface area contributed by atoms with Crippen LogP contribution in [-0.2, 0) is 9.53 Å². The zero-order chi connectivity index (χ0) is 15.1. The molecule has 0 spiro atoms. The third-order valence-corrected chi connectivity index (χ3v) is 3.96. The van der Waals surface area contributed by atoms with Crippen molar-refractivity contribution in [2.24, 2.45) is 5.73 Å². The van der Waals surface area contributed by atoms with Gasteiger partial charge in [0.05, 0.1) is 6.54 Å². The van der Waals surface area contributed by atoms with Gasteiger partial charge >= 0.3 is 6.09 Å². The molecule has 0 aromatic heterocycles. The summed E-state index contributed by atoms with van der Waals surface area (Å²) in [5, 5.41) is 0. The van der Waals surface area contributed by atoms with Gasteiger partial charge in [-0.15, -0.1) is 0 Å². The number of anilines is 1. The average molecular weight is 289 g/mol. The Hall–Kier alpha value is -2.08. The molecule has 1 aromatic carbocycles. The first kappa shape index (κ1) is 13.9. The largest absolute Gasteiger partial charge is 0.443 e. The van der Waals surface area contributed by atoms with Crippen molar-refractivity contribution in [3.8, 4) is 0 Å². The lowest BCUT2D eigenvalue weighted by Crippen LogP contribution is -2.41. The molecule has 2 aliphatic heterocycles. The summed E-state index contributed by atoms with van der Waals surface area (Å²) in [6, 6.07) is 7.01. The number of nitrogens with two attached hydrogens (primary N) is 1. The maximum atomic E-state index is 12.8. The topological polar surface area (TPSA) is 75.9 Å². The minimum absolute atomic E-state index is 0.0348. The van der Waals surface area contributed by atoms with E-state index < -0.39 is 12.1 Å². The van der Waals surface area contributed by atoms with Gasteiger partial charge in [-0.3, -0.25) is 9.69 Å². The second-order valence-electron chi connectivity index (χ2n) is 5.66. The molecule has 1 saturated heterocycles. The summed E-state index contributed by atoms with van der Waals surface area (Å²) in [7, 11) is 0. The van der Waals surface area contributed by atoms with Gasteiger partial charge in [-0.25, -0.2) is 4.79 Å². The third kappa shape index (κ3) is 2.06. The Labute approximate surface area is 123 Å². The van der Waals surface area contributed by atoms with Crippen molar-refractivity contribution in [3.63, 3.8) is 0 Å². The first-order valence-electron chi connectivity index (χ1n) is 7.14. The van der Waals surface area contributed by atoms with Crippen molar-refractivity contribution >= 4 is 17.7 Å². The van der Waals surface area contributed by atoms with Gasteiger partial charge in [-0.05, 0) is 19.9 Å². The van der Waals surface area contributed by atoms with Gasteiger partial charge < -0.3 is 15.4 Å². The van der Waals surface area contributed by atoms with Crippen LogP contribution in [0.3, 0.4) is 0 Å². The Kier molecular flexibility index (Phi) is 3.33. The summed E-state index contributed by atoms with van der Waals surface area (Å²) in [6.07, 6.45) is -0.810. The number of cyclic esters (lactones) is 1. The normalized spacial score (nSPS) is 24.8. The van der Waals surface area contributed by atoms with E-state index in [9.17, 15) is 9.59 Å². The minimum Gasteiger partial charge on any atom is -0.443 e. The van der Waals surface area contributed by atoms with E-state index in [-0.39, 0.29) is 24.6 Å². The molecule has 21 heavy (non-hydrogen) atoms. The molecule has 2 amide bonds. The van der Waals surface area contributed by atoms with Crippen LogP contribution in [0.4, 0.5) is 10.5 Å². The van der Waals surface area contributed by atoms with Crippen LogP contribution in [0.1, 0.15) is 25.5 Å². The highest BCUT2D eigenvalue weighted by molar-refractivity contribution is 6.06. The van der Waals surface area contributed by atoms with Crippen molar-refractivity contribution in [1.82, 2.24) is 4.90 Å². The highest BCUT2D eigenvalue weighted by Gasteiger charge is 2.47. The van der Waals surface area contributed by atoms with Crippen LogP contribution in [0, 0.1) is 0 Å². The molecule has 0 aliphatic carbocycles. The van der Waals surface area contributed by atoms with Crippen molar-refractivity contribution in [1.29, 1.82) is 0 Å². The van der Waals surface area contributed by atoms with E-state index in [2.05, 4.69) is 0 Å². The van der Waals surface area contributed by atoms with Crippen molar-refractivity contribution < 1.29 is 14.3 Å². The van der Waals surface area contributed by atoms with E-state index in [4.69, 9.17) is 10.5 Å². The Morgan fingerprint density at radius 3 is 2.67 bits per heavy atom. The highest BCUT2D eigenvalue weighted by atomic mass is 16.6. The van der Waals surface area contributed by atoms with Crippen LogP contribution in [-0.4, -0.2) is 42.1 Å². The summed E-state index contributed by atoms with van der Waals surface area (Å²) in [5.74, 6) is -0.0826. The average Bonchev–Trinajstić information content (AvgIpc) is 2.95. The fourth-order valence-electron chi connectivity index (χ4n) is 3.03. The molecule has 1 fully saturated rings. The molecule has 1 unspecified atom stereocenters. The molecule has 0 saturated carbocycles. The van der Waals surface area contributed by atoms with E-state index in [1.54, 1.807) is 4.90 Å². The number of hydrogen-bond donors (Lipinski definition) is 1. The number of fused-ring (bicyclic) bond motifs is 1. The zero-order valence-electron chi connectivity index (χ0n) is 12.2. The Morgan fingerprint density at radius 2 is 2.05 bits per heavy atom. The number of hydrogen-bond acceptors (Lipinski definition) is 4. The summed E-state index contributed by atoms with van der Waals surface area (Å²) >= 11 is 0.